The number of methoxy groups -OCH3 is 1. The van der Waals surface area contributed by atoms with Crippen molar-refractivity contribution < 1.29 is 13.9 Å². The highest BCUT2D eigenvalue weighted by Gasteiger charge is 2.42. The third-order valence-electron chi connectivity index (χ3n) is 4.14. The molecule has 1 saturated heterocycles. The van der Waals surface area contributed by atoms with Crippen LogP contribution in [-0.4, -0.2) is 32.5 Å². The summed E-state index contributed by atoms with van der Waals surface area (Å²) in [7, 11) is 1.71. The second-order valence-corrected chi connectivity index (χ2v) is 6.35. The van der Waals surface area contributed by atoms with Crippen LogP contribution >= 0.6 is 15.9 Å². The van der Waals surface area contributed by atoms with Crippen LogP contribution in [0.25, 0.3) is 0 Å². The van der Waals surface area contributed by atoms with E-state index in [9.17, 15) is 4.39 Å². The van der Waals surface area contributed by atoms with E-state index < -0.39 is 5.60 Å². The van der Waals surface area contributed by atoms with Crippen LogP contribution in [0, 0.1) is 5.82 Å². The molecule has 5 heteroatoms. The molecule has 118 valence electrons. The predicted octanol–water partition coefficient (Wildman–Crippen LogP) is 3.82. The molecule has 2 rings (SSSR count). The van der Waals surface area contributed by atoms with E-state index in [0.29, 0.717) is 18.8 Å². The second-order valence-electron chi connectivity index (χ2n) is 5.43. The second kappa shape index (κ2) is 7.68. The van der Waals surface area contributed by atoms with Crippen LogP contribution in [0.5, 0.6) is 0 Å². The van der Waals surface area contributed by atoms with Crippen LogP contribution in [0.1, 0.15) is 37.8 Å². The molecule has 1 heterocycles. The molecule has 1 atom stereocenters. The molecule has 1 aliphatic heterocycles. The maximum atomic E-state index is 14.4. The Morgan fingerprint density at radius 1 is 1.43 bits per heavy atom. The summed E-state index contributed by atoms with van der Waals surface area (Å²) in [6.45, 7) is 4.22. The lowest BCUT2D eigenvalue weighted by Gasteiger charge is -2.43. The summed E-state index contributed by atoms with van der Waals surface area (Å²) >= 11 is 3.44. The highest BCUT2D eigenvalue weighted by Crippen LogP contribution is 2.39. The predicted molar refractivity (Wildman–Crippen MR) is 84.9 cm³/mol. The number of nitrogens with one attached hydrogen (secondary N) is 1. The lowest BCUT2D eigenvalue weighted by atomic mass is 9.81. The Balaban J connectivity index is 2.38. The van der Waals surface area contributed by atoms with Gasteiger partial charge in [0.05, 0.1) is 11.6 Å². The molecule has 0 aliphatic carbocycles. The van der Waals surface area contributed by atoms with Gasteiger partial charge in [-0.05, 0) is 31.2 Å². The van der Waals surface area contributed by atoms with Gasteiger partial charge in [-0.3, -0.25) is 0 Å². The minimum Gasteiger partial charge on any atom is -0.381 e. The summed E-state index contributed by atoms with van der Waals surface area (Å²) in [6.07, 6.45) is 2.51. The zero-order valence-corrected chi connectivity index (χ0v) is 14.2. The number of hydrogen-bond donors (Lipinski definition) is 1. The van der Waals surface area contributed by atoms with Gasteiger partial charge in [-0.15, -0.1) is 0 Å². The fourth-order valence-electron chi connectivity index (χ4n) is 2.93. The Bertz CT molecular complexity index is 464. The van der Waals surface area contributed by atoms with Crippen LogP contribution < -0.4 is 5.32 Å². The van der Waals surface area contributed by atoms with Crippen molar-refractivity contribution in [2.24, 2.45) is 0 Å². The number of rotatable bonds is 6. The van der Waals surface area contributed by atoms with Crippen molar-refractivity contribution in [3.8, 4) is 0 Å². The van der Waals surface area contributed by atoms with Crippen LogP contribution in [0.2, 0.25) is 0 Å². The number of ether oxygens (including phenoxy) is 2. The Labute approximate surface area is 134 Å². The van der Waals surface area contributed by atoms with Crippen molar-refractivity contribution in [1.29, 1.82) is 0 Å². The minimum atomic E-state index is -0.422. The summed E-state index contributed by atoms with van der Waals surface area (Å²) in [5.41, 5.74) is 0.233. The van der Waals surface area contributed by atoms with E-state index in [1.54, 1.807) is 13.2 Å². The summed E-state index contributed by atoms with van der Waals surface area (Å²) in [4.78, 5) is 0. The normalized spacial score (nSPS) is 19.4. The molecule has 1 N–H and O–H groups in total. The molecule has 0 aromatic heterocycles. The van der Waals surface area contributed by atoms with Gasteiger partial charge in [0.1, 0.15) is 5.82 Å². The van der Waals surface area contributed by atoms with Crippen molar-refractivity contribution in [3.63, 3.8) is 0 Å². The average molecular weight is 360 g/mol. The largest absolute Gasteiger partial charge is 0.381 e. The first-order chi connectivity index (χ1) is 10.1. The van der Waals surface area contributed by atoms with Crippen LogP contribution in [-0.2, 0) is 9.47 Å². The molecule has 3 nitrogen and oxygen atoms in total. The minimum absolute atomic E-state index is 0.177. The molecular formula is C16H23BrFNO2. The summed E-state index contributed by atoms with van der Waals surface area (Å²) in [6, 6.07) is 4.89. The number of benzene rings is 1. The first-order valence-electron chi connectivity index (χ1n) is 7.44. The molecule has 0 radical (unpaired) electrons. The van der Waals surface area contributed by atoms with E-state index in [0.717, 1.165) is 30.3 Å². The van der Waals surface area contributed by atoms with Gasteiger partial charge >= 0.3 is 0 Å². The zero-order valence-electron chi connectivity index (χ0n) is 12.6. The Hall–Kier alpha value is -0.490. The van der Waals surface area contributed by atoms with Crippen LogP contribution in [0.4, 0.5) is 4.39 Å². The standard InChI is InChI=1S/C16H23BrFNO2/c1-3-8-19-15(13-11-12(17)4-5-14(13)18)16(20-2)6-9-21-10-7-16/h4-5,11,15,19H,3,6-10H2,1-2H3. The smallest absolute Gasteiger partial charge is 0.128 e. The Morgan fingerprint density at radius 2 is 2.14 bits per heavy atom. The summed E-state index contributed by atoms with van der Waals surface area (Å²) in [5, 5.41) is 3.47. The van der Waals surface area contributed by atoms with Gasteiger partial charge < -0.3 is 14.8 Å². The van der Waals surface area contributed by atoms with E-state index >= 15 is 0 Å². The van der Waals surface area contributed by atoms with Gasteiger partial charge in [0.25, 0.3) is 0 Å². The van der Waals surface area contributed by atoms with Crippen LogP contribution in [0.3, 0.4) is 0 Å². The lowest BCUT2D eigenvalue weighted by molar-refractivity contribution is -0.112. The first kappa shape index (κ1) is 16.9. The van der Waals surface area contributed by atoms with E-state index in [1.165, 1.54) is 6.07 Å². The molecule has 0 bridgehead atoms. The van der Waals surface area contributed by atoms with Gasteiger partial charge in [0.2, 0.25) is 0 Å². The summed E-state index contributed by atoms with van der Waals surface area (Å²) < 4.78 is 26.6. The topological polar surface area (TPSA) is 30.5 Å². The Kier molecular flexibility index (Phi) is 6.17. The SMILES string of the molecule is CCCNC(c1cc(Br)ccc1F)C1(OC)CCOCC1. The van der Waals surface area contributed by atoms with E-state index in [4.69, 9.17) is 9.47 Å². The van der Waals surface area contributed by atoms with Crippen molar-refractivity contribution in [3.05, 3.63) is 34.1 Å². The van der Waals surface area contributed by atoms with Gasteiger partial charge in [0.15, 0.2) is 0 Å². The van der Waals surface area contributed by atoms with E-state index in [-0.39, 0.29) is 11.9 Å². The molecule has 1 aliphatic rings. The van der Waals surface area contributed by atoms with E-state index in [2.05, 4.69) is 28.2 Å². The molecular weight excluding hydrogens is 337 g/mol. The van der Waals surface area contributed by atoms with Gasteiger partial charge in [-0.25, -0.2) is 4.39 Å². The monoisotopic (exact) mass is 359 g/mol. The molecule has 1 aromatic rings. The Morgan fingerprint density at radius 3 is 2.76 bits per heavy atom. The lowest BCUT2D eigenvalue weighted by Crippen LogP contribution is -2.49. The first-order valence-corrected chi connectivity index (χ1v) is 8.23. The van der Waals surface area contributed by atoms with Gasteiger partial charge in [-0.1, -0.05) is 22.9 Å². The molecule has 21 heavy (non-hydrogen) atoms. The molecule has 1 unspecified atom stereocenters. The average Bonchev–Trinajstić information content (AvgIpc) is 2.51. The van der Waals surface area contributed by atoms with Crippen molar-refractivity contribution in [2.75, 3.05) is 26.9 Å². The molecule has 0 amide bonds. The summed E-state index contributed by atoms with van der Waals surface area (Å²) in [5.74, 6) is -0.199. The molecule has 1 fully saturated rings. The van der Waals surface area contributed by atoms with Gasteiger partial charge in [0, 0.05) is 43.2 Å². The third-order valence-corrected chi connectivity index (χ3v) is 4.63. The highest BCUT2D eigenvalue weighted by atomic mass is 79.9. The third kappa shape index (κ3) is 3.83. The fraction of sp³-hybridized carbons (Fsp3) is 0.625. The van der Waals surface area contributed by atoms with Gasteiger partial charge in [-0.2, -0.15) is 0 Å². The van der Waals surface area contributed by atoms with Crippen molar-refractivity contribution in [1.82, 2.24) is 5.32 Å². The van der Waals surface area contributed by atoms with Crippen molar-refractivity contribution in [2.45, 2.75) is 37.8 Å². The molecule has 1 aromatic carbocycles. The maximum Gasteiger partial charge on any atom is 0.128 e. The number of halogens is 2. The fourth-order valence-corrected chi connectivity index (χ4v) is 3.31. The molecule has 0 spiro atoms. The van der Waals surface area contributed by atoms with Crippen molar-refractivity contribution >= 4 is 15.9 Å². The van der Waals surface area contributed by atoms with E-state index in [1.807, 2.05) is 6.07 Å². The highest BCUT2D eigenvalue weighted by molar-refractivity contribution is 9.10. The number of hydrogen-bond acceptors (Lipinski definition) is 3. The quantitative estimate of drug-likeness (QED) is 0.837. The maximum absolute atomic E-state index is 14.4. The zero-order chi connectivity index (χ0) is 15.3. The van der Waals surface area contributed by atoms with Crippen LogP contribution in [0.15, 0.2) is 22.7 Å². The molecule has 0 saturated carbocycles.